The van der Waals surface area contributed by atoms with E-state index in [4.69, 9.17) is 16.6 Å². The van der Waals surface area contributed by atoms with Gasteiger partial charge in [0.1, 0.15) is 15.8 Å². The van der Waals surface area contributed by atoms with Crippen LogP contribution in [0.4, 0.5) is 0 Å². The van der Waals surface area contributed by atoms with Gasteiger partial charge in [0.2, 0.25) is 10.0 Å². The Kier molecular flexibility index (Phi) is 6.99. The third-order valence-electron chi connectivity index (χ3n) is 6.05. The summed E-state index contributed by atoms with van der Waals surface area (Å²) >= 11 is 6.65. The van der Waals surface area contributed by atoms with Crippen molar-refractivity contribution in [1.82, 2.24) is 9.21 Å². The highest BCUT2D eigenvalue weighted by atomic mass is 32.2. The zero-order valence-electron chi connectivity index (χ0n) is 18.6. The molecule has 1 saturated heterocycles. The maximum atomic E-state index is 13.0. The quantitative estimate of drug-likeness (QED) is 0.449. The Morgan fingerprint density at radius 3 is 2.38 bits per heavy atom. The maximum absolute atomic E-state index is 13.0. The Labute approximate surface area is 207 Å². The Morgan fingerprint density at radius 1 is 1.15 bits per heavy atom. The van der Waals surface area contributed by atoms with Gasteiger partial charge in [0.25, 0.3) is 5.91 Å². The van der Waals surface area contributed by atoms with Crippen LogP contribution in [0.25, 0.3) is 17.4 Å². The molecule has 2 fully saturated rings. The molecule has 0 atom stereocenters. The molecule has 34 heavy (non-hydrogen) atoms. The van der Waals surface area contributed by atoms with Crippen LogP contribution >= 0.6 is 24.0 Å². The van der Waals surface area contributed by atoms with E-state index in [-0.39, 0.29) is 22.8 Å². The summed E-state index contributed by atoms with van der Waals surface area (Å²) < 4.78 is 32.0. The van der Waals surface area contributed by atoms with Crippen LogP contribution in [0.3, 0.4) is 0 Å². The van der Waals surface area contributed by atoms with E-state index in [1.165, 1.54) is 38.0 Å². The average molecular weight is 521 g/mol. The average Bonchev–Trinajstić information content (AvgIpc) is 3.38. The molecule has 1 aromatic carbocycles. The van der Waals surface area contributed by atoms with Gasteiger partial charge in [-0.2, -0.15) is 0 Å². The molecule has 1 amide bonds. The largest absolute Gasteiger partial charge is 0.481 e. The number of benzene rings is 1. The second-order valence-electron chi connectivity index (χ2n) is 8.41. The molecule has 180 valence electrons. The Bertz CT molecular complexity index is 1260. The van der Waals surface area contributed by atoms with Gasteiger partial charge in [-0.25, -0.2) is 12.7 Å². The van der Waals surface area contributed by atoms with Crippen molar-refractivity contribution in [2.45, 2.75) is 36.6 Å². The van der Waals surface area contributed by atoms with E-state index in [2.05, 4.69) is 0 Å². The number of nitrogens with zero attached hydrogens (tertiary/aromatic N) is 2. The predicted octanol–water partition coefficient (Wildman–Crippen LogP) is 4.04. The molecular formula is C23H24N2O6S3. The minimum atomic E-state index is -3.51. The van der Waals surface area contributed by atoms with Gasteiger partial charge in [-0.05, 0) is 62.1 Å². The molecule has 0 radical (unpaired) electrons. The minimum absolute atomic E-state index is 0.0851. The van der Waals surface area contributed by atoms with Crippen LogP contribution in [0.5, 0.6) is 0 Å². The van der Waals surface area contributed by atoms with Crippen molar-refractivity contribution in [1.29, 1.82) is 0 Å². The molecule has 0 spiro atoms. The van der Waals surface area contributed by atoms with E-state index in [1.54, 1.807) is 35.2 Å². The summed E-state index contributed by atoms with van der Waals surface area (Å²) in [6.07, 6.45) is 3.94. The van der Waals surface area contributed by atoms with Crippen LogP contribution in [-0.2, 0) is 19.6 Å². The molecule has 1 aromatic heterocycles. The second-order valence-corrected chi connectivity index (χ2v) is 12.2. The standard InChI is InChI=1S/C23H24N2O6S3/c1-24(2)34(29,30)18-10-5-14(6-11-18)19-12-9-17(31-19)13-20-21(26)25(23(32)33-20)16-7-3-15(4-8-16)22(27)28/h5-6,9-13,15-16H,3-4,7-8H2,1-2H3,(H,27,28). The molecular weight excluding hydrogens is 496 g/mol. The lowest BCUT2D eigenvalue weighted by molar-refractivity contribution is -0.143. The van der Waals surface area contributed by atoms with Crippen LogP contribution in [0.1, 0.15) is 31.4 Å². The number of thioether (sulfide) groups is 1. The van der Waals surface area contributed by atoms with Crippen molar-refractivity contribution in [2.24, 2.45) is 5.92 Å². The molecule has 11 heteroatoms. The zero-order valence-corrected chi connectivity index (χ0v) is 21.1. The van der Waals surface area contributed by atoms with Crippen LogP contribution in [0.2, 0.25) is 0 Å². The summed E-state index contributed by atoms with van der Waals surface area (Å²) in [6.45, 7) is 0. The number of thiocarbonyl (C=S) groups is 1. The third-order valence-corrected chi connectivity index (χ3v) is 9.21. The van der Waals surface area contributed by atoms with Gasteiger partial charge in [0, 0.05) is 31.8 Å². The molecule has 2 aliphatic rings. The zero-order chi connectivity index (χ0) is 24.6. The molecule has 1 aliphatic heterocycles. The smallest absolute Gasteiger partial charge is 0.306 e. The molecule has 8 nitrogen and oxygen atoms in total. The number of furan rings is 1. The van der Waals surface area contributed by atoms with Crippen LogP contribution < -0.4 is 0 Å². The van der Waals surface area contributed by atoms with Gasteiger partial charge in [-0.1, -0.05) is 24.0 Å². The number of aliphatic carboxylic acids is 1. The predicted molar refractivity (Wildman–Crippen MR) is 133 cm³/mol. The van der Waals surface area contributed by atoms with E-state index in [1.807, 2.05) is 0 Å². The highest BCUT2D eigenvalue weighted by molar-refractivity contribution is 8.26. The first-order valence-electron chi connectivity index (χ1n) is 10.7. The number of carboxylic acid groups (broad SMARTS) is 1. The first kappa shape index (κ1) is 24.6. The lowest BCUT2D eigenvalue weighted by atomic mass is 9.85. The summed E-state index contributed by atoms with van der Waals surface area (Å²) in [6, 6.07) is 9.81. The molecule has 0 unspecified atom stereocenters. The van der Waals surface area contributed by atoms with Crippen LogP contribution in [0.15, 0.2) is 50.6 Å². The molecule has 1 saturated carbocycles. The number of sulfonamides is 1. The van der Waals surface area contributed by atoms with Crippen LogP contribution in [0, 0.1) is 5.92 Å². The highest BCUT2D eigenvalue weighted by Gasteiger charge is 2.39. The molecule has 0 bridgehead atoms. The number of amides is 1. The molecule has 4 rings (SSSR count). The first-order chi connectivity index (χ1) is 16.1. The fourth-order valence-corrected chi connectivity index (χ4v) is 6.37. The number of carboxylic acids is 1. The normalized spacial score (nSPS) is 22.7. The molecule has 1 N–H and O–H groups in total. The van der Waals surface area contributed by atoms with Crippen molar-refractivity contribution >= 4 is 56.3 Å². The first-order valence-corrected chi connectivity index (χ1v) is 13.4. The van der Waals surface area contributed by atoms with E-state index < -0.39 is 16.0 Å². The summed E-state index contributed by atoms with van der Waals surface area (Å²) in [4.78, 5) is 26.5. The summed E-state index contributed by atoms with van der Waals surface area (Å²) in [5.41, 5.74) is 0.708. The fourth-order valence-electron chi connectivity index (χ4n) is 4.09. The topological polar surface area (TPSA) is 108 Å². The van der Waals surface area contributed by atoms with E-state index in [9.17, 15) is 23.1 Å². The Morgan fingerprint density at radius 2 is 1.79 bits per heavy atom. The van der Waals surface area contributed by atoms with Gasteiger partial charge >= 0.3 is 5.97 Å². The number of carbonyl (C=O) groups is 2. The van der Waals surface area contributed by atoms with E-state index in [0.717, 1.165) is 4.31 Å². The van der Waals surface area contributed by atoms with Gasteiger partial charge in [0.05, 0.1) is 15.7 Å². The van der Waals surface area contributed by atoms with Crippen molar-refractivity contribution in [3.8, 4) is 11.3 Å². The third kappa shape index (κ3) is 4.83. The van der Waals surface area contributed by atoms with E-state index in [0.29, 0.717) is 52.0 Å². The van der Waals surface area contributed by atoms with Crippen LogP contribution in [-0.4, -0.2) is 59.1 Å². The summed E-state index contributed by atoms with van der Waals surface area (Å²) in [7, 11) is -0.557. The monoisotopic (exact) mass is 520 g/mol. The van der Waals surface area contributed by atoms with Gasteiger partial charge in [-0.15, -0.1) is 0 Å². The van der Waals surface area contributed by atoms with Crippen molar-refractivity contribution in [3.63, 3.8) is 0 Å². The Hall–Kier alpha value is -2.47. The van der Waals surface area contributed by atoms with Gasteiger partial charge in [0.15, 0.2) is 0 Å². The van der Waals surface area contributed by atoms with Crippen molar-refractivity contribution in [3.05, 3.63) is 47.1 Å². The SMILES string of the molecule is CN(C)S(=O)(=O)c1ccc(-c2ccc(C=C3SC(=S)N(C4CCC(C(=O)O)CC4)C3=O)o2)cc1. The maximum Gasteiger partial charge on any atom is 0.306 e. The number of carbonyl (C=O) groups excluding carboxylic acids is 1. The minimum Gasteiger partial charge on any atom is -0.481 e. The van der Waals surface area contributed by atoms with Gasteiger partial charge in [-0.3, -0.25) is 14.5 Å². The molecule has 1 aliphatic carbocycles. The highest BCUT2D eigenvalue weighted by Crippen LogP contribution is 2.39. The van der Waals surface area contributed by atoms with Crippen molar-refractivity contribution < 1.29 is 27.5 Å². The molecule has 2 aromatic rings. The second kappa shape index (κ2) is 9.65. The van der Waals surface area contributed by atoms with Crippen molar-refractivity contribution in [2.75, 3.05) is 14.1 Å². The fraction of sp³-hybridized carbons (Fsp3) is 0.348. The summed E-state index contributed by atoms with van der Waals surface area (Å²) in [5.74, 6) is -0.308. The number of rotatable bonds is 6. The Balaban J connectivity index is 1.48. The number of hydrogen-bond donors (Lipinski definition) is 1. The lowest BCUT2D eigenvalue weighted by Crippen LogP contribution is -2.41. The molecule has 2 heterocycles. The number of hydrogen-bond acceptors (Lipinski definition) is 7. The lowest BCUT2D eigenvalue weighted by Gasteiger charge is -2.32. The summed E-state index contributed by atoms with van der Waals surface area (Å²) in [5, 5.41) is 9.20. The van der Waals surface area contributed by atoms with E-state index >= 15 is 0 Å². The van der Waals surface area contributed by atoms with Gasteiger partial charge < -0.3 is 9.52 Å².